The summed E-state index contributed by atoms with van der Waals surface area (Å²) in [6.45, 7) is 4.94. The molecule has 0 saturated carbocycles. The van der Waals surface area contributed by atoms with Gasteiger partial charge in [-0.1, -0.05) is 6.08 Å². The van der Waals surface area contributed by atoms with E-state index in [0.717, 1.165) is 13.0 Å². The summed E-state index contributed by atoms with van der Waals surface area (Å²) in [6.07, 6.45) is 2.36. The Bertz CT molecular complexity index is 127. The van der Waals surface area contributed by atoms with Gasteiger partial charge in [-0.3, -0.25) is 0 Å². The van der Waals surface area contributed by atoms with Crippen LogP contribution in [-0.2, 0) is 9.47 Å². The first-order valence-corrected chi connectivity index (χ1v) is 4.38. The molecular weight excluding hydrogens is 168 g/mol. The Labute approximate surface area is 80.1 Å². The van der Waals surface area contributed by atoms with Crippen molar-refractivity contribution < 1.29 is 9.47 Å². The summed E-state index contributed by atoms with van der Waals surface area (Å²) in [7, 11) is 3.24. The van der Waals surface area contributed by atoms with Crippen LogP contribution in [0, 0.1) is 0 Å². The lowest BCUT2D eigenvalue weighted by atomic mass is 10.2. The third-order valence-electron chi connectivity index (χ3n) is 1.84. The monoisotopic (exact) mass is 188 g/mol. The second-order valence-electron chi connectivity index (χ2n) is 2.77. The molecule has 0 heterocycles. The lowest BCUT2D eigenvalue weighted by molar-refractivity contribution is -0.110. The number of hydrogen-bond donors (Lipinski definition) is 2. The minimum Gasteiger partial charge on any atom is -0.356 e. The fourth-order valence-electron chi connectivity index (χ4n) is 1.03. The van der Waals surface area contributed by atoms with Gasteiger partial charge in [-0.2, -0.15) is 0 Å². The van der Waals surface area contributed by atoms with Crippen molar-refractivity contribution in [2.24, 2.45) is 5.73 Å². The third-order valence-corrected chi connectivity index (χ3v) is 1.84. The van der Waals surface area contributed by atoms with Gasteiger partial charge in [0.25, 0.3) is 0 Å². The first-order valence-electron chi connectivity index (χ1n) is 4.38. The zero-order valence-corrected chi connectivity index (χ0v) is 8.45. The predicted molar refractivity (Wildman–Crippen MR) is 53.5 cm³/mol. The molecule has 1 atom stereocenters. The Morgan fingerprint density at radius 2 is 2.08 bits per heavy atom. The normalized spacial score (nSPS) is 13.2. The third kappa shape index (κ3) is 5.76. The van der Waals surface area contributed by atoms with Gasteiger partial charge in [0.2, 0.25) is 0 Å². The van der Waals surface area contributed by atoms with Gasteiger partial charge in [-0.15, -0.1) is 6.58 Å². The molecular formula is C9H20N2O2. The summed E-state index contributed by atoms with van der Waals surface area (Å²) >= 11 is 0. The highest BCUT2D eigenvalue weighted by Crippen LogP contribution is 2.01. The van der Waals surface area contributed by atoms with E-state index < -0.39 is 0 Å². The van der Waals surface area contributed by atoms with E-state index in [-0.39, 0.29) is 12.3 Å². The van der Waals surface area contributed by atoms with Crippen LogP contribution in [0.3, 0.4) is 0 Å². The molecule has 1 unspecified atom stereocenters. The molecule has 0 spiro atoms. The molecule has 0 amide bonds. The first-order chi connectivity index (χ1) is 6.28. The van der Waals surface area contributed by atoms with E-state index >= 15 is 0 Å². The van der Waals surface area contributed by atoms with Crippen molar-refractivity contribution in [3.05, 3.63) is 12.7 Å². The van der Waals surface area contributed by atoms with Crippen molar-refractivity contribution in [3.63, 3.8) is 0 Å². The van der Waals surface area contributed by atoms with Gasteiger partial charge in [0.05, 0.1) is 0 Å². The topological polar surface area (TPSA) is 56.5 Å². The lowest BCUT2D eigenvalue weighted by Gasteiger charge is -2.20. The van der Waals surface area contributed by atoms with Gasteiger partial charge in [-0.05, 0) is 0 Å². The van der Waals surface area contributed by atoms with E-state index in [9.17, 15) is 0 Å². The molecule has 13 heavy (non-hydrogen) atoms. The van der Waals surface area contributed by atoms with Crippen molar-refractivity contribution in [3.8, 4) is 0 Å². The molecule has 0 fully saturated rings. The standard InChI is InChI=1S/C9H20N2O2/c1-4-5-11-8(7-10)6-9(12-2)13-3/h4,8-9,11H,1,5-7,10H2,2-3H3. The predicted octanol–water partition coefficient (Wildman–Crippen LogP) is 0.0983. The van der Waals surface area contributed by atoms with Crippen LogP contribution in [-0.4, -0.2) is 39.6 Å². The van der Waals surface area contributed by atoms with Gasteiger partial charge >= 0.3 is 0 Å². The minimum atomic E-state index is -0.189. The van der Waals surface area contributed by atoms with Crippen molar-refractivity contribution >= 4 is 0 Å². The molecule has 0 saturated heterocycles. The zero-order valence-electron chi connectivity index (χ0n) is 8.45. The van der Waals surface area contributed by atoms with Gasteiger partial charge in [0, 0.05) is 39.8 Å². The Morgan fingerprint density at radius 1 is 1.46 bits per heavy atom. The molecule has 78 valence electrons. The molecule has 0 bridgehead atoms. The number of rotatable bonds is 8. The molecule has 0 radical (unpaired) electrons. The first kappa shape index (κ1) is 12.6. The number of hydrogen-bond acceptors (Lipinski definition) is 4. The molecule has 3 N–H and O–H groups in total. The van der Waals surface area contributed by atoms with Gasteiger partial charge in [0.15, 0.2) is 6.29 Å². The SMILES string of the molecule is C=CCNC(CN)CC(OC)OC. The van der Waals surface area contributed by atoms with Crippen molar-refractivity contribution in [1.82, 2.24) is 5.32 Å². The van der Waals surface area contributed by atoms with Crippen molar-refractivity contribution in [2.45, 2.75) is 18.8 Å². The molecule has 0 aliphatic rings. The molecule has 4 nitrogen and oxygen atoms in total. The van der Waals surface area contributed by atoms with E-state index in [4.69, 9.17) is 15.2 Å². The highest BCUT2D eigenvalue weighted by Gasteiger charge is 2.12. The van der Waals surface area contributed by atoms with Crippen LogP contribution in [0.2, 0.25) is 0 Å². The average Bonchev–Trinajstić information content (AvgIpc) is 2.19. The Morgan fingerprint density at radius 3 is 2.46 bits per heavy atom. The summed E-state index contributed by atoms with van der Waals surface area (Å²) in [4.78, 5) is 0. The number of ether oxygens (including phenoxy) is 2. The van der Waals surface area contributed by atoms with Crippen LogP contribution in [0.25, 0.3) is 0 Å². The van der Waals surface area contributed by atoms with E-state index in [0.29, 0.717) is 6.54 Å². The molecule has 4 heteroatoms. The second-order valence-corrected chi connectivity index (χ2v) is 2.77. The van der Waals surface area contributed by atoms with Crippen LogP contribution >= 0.6 is 0 Å². The van der Waals surface area contributed by atoms with E-state index in [1.807, 2.05) is 0 Å². The quantitative estimate of drug-likeness (QED) is 0.419. The molecule has 0 aromatic rings. The molecule has 0 aliphatic heterocycles. The van der Waals surface area contributed by atoms with Crippen LogP contribution in [0.1, 0.15) is 6.42 Å². The number of nitrogens with one attached hydrogen (secondary N) is 1. The molecule has 0 aromatic heterocycles. The average molecular weight is 188 g/mol. The van der Waals surface area contributed by atoms with E-state index in [1.165, 1.54) is 0 Å². The maximum absolute atomic E-state index is 5.56. The summed E-state index contributed by atoms with van der Waals surface area (Å²) in [5, 5.41) is 3.22. The van der Waals surface area contributed by atoms with E-state index in [1.54, 1.807) is 20.3 Å². The second kappa shape index (κ2) is 8.19. The maximum atomic E-state index is 5.56. The fourth-order valence-corrected chi connectivity index (χ4v) is 1.03. The molecule has 0 aliphatic carbocycles. The summed E-state index contributed by atoms with van der Waals surface area (Å²) in [5.74, 6) is 0. The zero-order chi connectivity index (χ0) is 10.1. The Hall–Kier alpha value is -0.420. The van der Waals surface area contributed by atoms with Gasteiger partial charge in [-0.25, -0.2) is 0 Å². The van der Waals surface area contributed by atoms with Crippen molar-refractivity contribution in [2.75, 3.05) is 27.3 Å². The smallest absolute Gasteiger partial charge is 0.158 e. The minimum absolute atomic E-state index is 0.189. The highest BCUT2D eigenvalue weighted by atomic mass is 16.7. The maximum Gasteiger partial charge on any atom is 0.158 e. The summed E-state index contributed by atoms with van der Waals surface area (Å²) < 4.78 is 10.1. The van der Waals surface area contributed by atoms with Crippen LogP contribution < -0.4 is 11.1 Å². The molecule has 0 rings (SSSR count). The summed E-state index contributed by atoms with van der Waals surface area (Å²) in [5.41, 5.74) is 5.56. The summed E-state index contributed by atoms with van der Waals surface area (Å²) in [6, 6.07) is 0.211. The van der Waals surface area contributed by atoms with E-state index in [2.05, 4.69) is 11.9 Å². The van der Waals surface area contributed by atoms with Crippen LogP contribution in [0.4, 0.5) is 0 Å². The lowest BCUT2D eigenvalue weighted by Crippen LogP contribution is -2.39. The fraction of sp³-hybridized carbons (Fsp3) is 0.778. The largest absolute Gasteiger partial charge is 0.356 e. The van der Waals surface area contributed by atoms with Crippen LogP contribution in [0.5, 0.6) is 0 Å². The Kier molecular flexibility index (Phi) is 7.93. The molecule has 0 aromatic carbocycles. The van der Waals surface area contributed by atoms with Crippen LogP contribution in [0.15, 0.2) is 12.7 Å². The number of methoxy groups -OCH3 is 2. The number of nitrogens with two attached hydrogens (primary N) is 1. The highest BCUT2D eigenvalue weighted by molar-refractivity contribution is 4.76. The van der Waals surface area contributed by atoms with Gasteiger partial charge in [0.1, 0.15) is 0 Å². The Balaban J connectivity index is 3.73. The van der Waals surface area contributed by atoms with Gasteiger partial charge < -0.3 is 20.5 Å². The van der Waals surface area contributed by atoms with Crippen molar-refractivity contribution in [1.29, 1.82) is 0 Å².